The van der Waals surface area contributed by atoms with Gasteiger partial charge in [0.05, 0.1) is 5.56 Å². The zero-order valence-corrected chi connectivity index (χ0v) is 13.4. The Kier molecular flexibility index (Phi) is 4.44. The normalized spacial score (nSPS) is 19.5. The molecule has 1 unspecified atom stereocenters. The van der Waals surface area contributed by atoms with Gasteiger partial charge in [0.15, 0.2) is 0 Å². The first-order valence-electron chi connectivity index (χ1n) is 7.85. The minimum Gasteiger partial charge on any atom is -0.382 e. The van der Waals surface area contributed by atoms with E-state index in [1.807, 2.05) is 6.07 Å². The second kappa shape index (κ2) is 6.48. The molecular formula is C17H23N3S. The van der Waals surface area contributed by atoms with Crippen LogP contribution >= 0.6 is 11.5 Å². The molecule has 2 N–H and O–H groups in total. The number of anilines is 2. The minimum absolute atomic E-state index is 0.664. The molecule has 0 amide bonds. The quantitative estimate of drug-likeness (QED) is 0.913. The molecule has 0 spiro atoms. The maximum atomic E-state index is 6.15. The molecular weight excluding hydrogens is 278 g/mol. The van der Waals surface area contributed by atoms with Crippen molar-refractivity contribution in [3.63, 3.8) is 0 Å². The van der Waals surface area contributed by atoms with Crippen LogP contribution in [0.3, 0.4) is 0 Å². The minimum atomic E-state index is 0.664. The van der Waals surface area contributed by atoms with Crippen molar-refractivity contribution in [1.29, 1.82) is 0 Å². The zero-order chi connectivity index (χ0) is 14.7. The van der Waals surface area contributed by atoms with Gasteiger partial charge in [-0.2, -0.15) is 4.37 Å². The van der Waals surface area contributed by atoms with E-state index >= 15 is 0 Å². The number of hydrogen-bond donors (Lipinski definition) is 1. The first-order chi connectivity index (χ1) is 10.3. The summed E-state index contributed by atoms with van der Waals surface area (Å²) >= 11 is 1.55. The van der Waals surface area contributed by atoms with Gasteiger partial charge < -0.3 is 10.6 Å². The lowest BCUT2D eigenvalue weighted by atomic mass is 9.98. The third-order valence-electron chi connectivity index (χ3n) is 4.48. The second-order valence-electron chi connectivity index (χ2n) is 5.81. The predicted molar refractivity (Wildman–Crippen MR) is 91.8 cm³/mol. The molecule has 1 aliphatic heterocycles. The standard InChI is InChI=1S/C17H23N3S/c1-2-13-7-6-11-20(12-10-13)17-15(16(18)19-21-17)14-8-4-3-5-9-14/h3-5,8-9,13H,2,6-7,10-12H2,1H3,(H2,18,19). The highest BCUT2D eigenvalue weighted by Gasteiger charge is 2.22. The van der Waals surface area contributed by atoms with Crippen LogP contribution in [0.2, 0.25) is 0 Å². The van der Waals surface area contributed by atoms with E-state index < -0.39 is 0 Å². The highest BCUT2D eigenvalue weighted by Crippen LogP contribution is 2.40. The van der Waals surface area contributed by atoms with Gasteiger partial charge in [-0.25, -0.2) is 0 Å². The van der Waals surface area contributed by atoms with Crippen LogP contribution in [-0.2, 0) is 0 Å². The Hall–Kier alpha value is -1.55. The molecule has 1 atom stereocenters. The third kappa shape index (κ3) is 3.05. The second-order valence-corrected chi connectivity index (χ2v) is 6.56. The Morgan fingerprint density at radius 2 is 2.05 bits per heavy atom. The summed E-state index contributed by atoms with van der Waals surface area (Å²) in [4.78, 5) is 2.49. The lowest BCUT2D eigenvalue weighted by molar-refractivity contribution is 0.460. The summed E-state index contributed by atoms with van der Waals surface area (Å²) in [6.45, 7) is 4.55. The van der Waals surface area contributed by atoms with Gasteiger partial charge in [-0.3, -0.25) is 0 Å². The van der Waals surface area contributed by atoms with Gasteiger partial charge in [0, 0.05) is 13.1 Å². The molecule has 1 aliphatic rings. The Balaban J connectivity index is 1.89. The first kappa shape index (κ1) is 14.4. The number of aromatic nitrogens is 1. The molecule has 0 bridgehead atoms. The molecule has 0 saturated carbocycles. The highest BCUT2D eigenvalue weighted by atomic mass is 32.1. The van der Waals surface area contributed by atoms with Crippen molar-refractivity contribution in [2.45, 2.75) is 32.6 Å². The van der Waals surface area contributed by atoms with Crippen molar-refractivity contribution >= 4 is 22.4 Å². The predicted octanol–water partition coefficient (Wildman–Crippen LogP) is 4.41. The lowest BCUT2D eigenvalue weighted by Crippen LogP contribution is -2.23. The van der Waals surface area contributed by atoms with Crippen molar-refractivity contribution in [3.05, 3.63) is 30.3 Å². The Morgan fingerprint density at radius 1 is 1.24 bits per heavy atom. The van der Waals surface area contributed by atoms with Gasteiger partial charge in [0.2, 0.25) is 0 Å². The maximum absolute atomic E-state index is 6.15. The molecule has 3 nitrogen and oxygen atoms in total. The van der Waals surface area contributed by atoms with E-state index in [4.69, 9.17) is 5.73 Å². The van der Waals surface area contributed by atoms with Crippen LogP contribution in [0.4, 0.5) is 10.8 Å². The first-order valence-corrected chi connectivity index (χ1v) is 8.62. The SMILES string of the molecule is CCC1CCCN(c2snc(N)c2-c2ccccc2)CC1. The third-order valence-corrected chi connectivity index (χ3v) is 5.40. The summed E-state index contributed by atoms with van der Waals surface area (Å²) in [7, 11) is 0. The van der Waals surface area contributed by atoms with Gasteiger partial charge in [0.25, 0.3) is 0 Å². The van der Waals surface area contributed by atoms with Gasteiger partial charge in [-0.15, -0.1) is 0 Å². The fraction of sp³-hybridized carbons (Fsp3) is 0.471. The summed E-state index contributed by atoms with van der Waals surface area (Å²) < 4.78 is 4.42. The molecule has 0 radical (unpaired) electrons. The summed E-state index contributed by atoms with van der Waals surface area (Å²) in [5.41, 5.74) is 8.44. The average Bonchev–Trinajstić information content (AvgIpc) is 2.75. The number of nitrogens with zero attached hydrogens (tertiary/aromatic N) is 2. The van der Waals surface area contributed by atoms with Crippen LogP contribution in [0.25, 0.3) is 11.1 Å². The number of hydrogen-bond acceptors (Lipinski definition) is 4. The molecule has 1 aromatic carbocycles. The monoisotopic (exact) mass is 301 g/mol. The molecule has 3 rings (SSSR count). The Morgan fingerprint density at radius 3 is 2.81 bits per heavy atom. The maximum Gasteiger partial charge on any atom is 0.147 e. The Labute approximate surface area is 131 Å². The lowest BCUT2D eigenvalue weighted by Gasteiger charge is -2.22. The molecule has 2 aromatic rings. The summed E-state index contributed by atoms with van der Waals surface area (Å²) in [5, 5.41) is 1.25. The van der Waals surface area contributed by atoms with Crippen LogP contribution in [0.15, 0.2) is 30.3 Å². The molecule has 2 heterocycles. The topological polar surface area (TPSA) is 42.2 Å². The van der Waals surface area contributed by atoms with Crippen LogP contribution in [0.1, 0.15) is 32.6 Å². The van der Waals surface area contributed by atoms with Crippen molar-refractivity contribution in [2.75, 3.05) is 23.7 Å². The molecule has 0 aliphatic carbocycles. The van der Waals surface area contributed by atoms with E-state index in [-0.39, 0.29) is 0 Å². The molecule has 21 heavy (non-hydrogen) atoms. The number of nitrogens with two attached hydrogens (primary N) is 1. The van der Waals surface area contributed by atoms with E-state index in [2.05, 4.69) is 40.5 Å². The smallest absolute Gasteiger partial charge is 0.147 e. The van der Waals surface area contributed by atoms with Crippen LogP contribution in [0.5, 0.6) is 0 Å². The van der Waals surface area contributed by atoms with Crippen LogP contribution in [0, 0.1) is 5.92 Å². The van der Waals surface area contributed by atoms with E-state index in [0.29, 0.717) is 5.82 Å². The highest BCUT2D eigenvalue weighted by molar-refractivity contribution is 7.11. The molecule has 1 saturated heterocycles. The summed E-state index contributed by atoms with van der Waals surface area (Å²) in [5.74, 6) is 1.54. The van der Waals surface area contributed by atoms with Gasteiger partial charge in [-0.05, 0) is 42.3 Å². The van der Waals surface area contributed by atoms with Crippen LogP contribution in [-0.4, -0.2) is 17.5 Å². The van der Waals surface area contributed by atoms with E-state index in [1.165, 1.54) is 36.2 Å². The van der Waals surface area contributed by atoms with Gasteiger partial charge >= 0.3 is 0 Å². The summed E-state index contributed by atoms with van der Waals surface area (Å²) in [6, 6.07) is 10.4. The Bertz CT molecular complexity index is 579. The average molecular weight is 301 g/mol. The van der Waals surface area contributed by atoms with E-state index in [1.54, 1.807) is 11.5 Å². The molecule has 1 fully saturated rings. The van der Waals surface area contributed by atoms with E-state index in [0.717, 1.165) is 24.6 Å². The van der Waals surface area contributed by atoms with E-state index in [9.17, 15) is 0 Å². The fourth-order valence-corrected chi connectivity index (χ4v) is 4.05. The fourth-order valence-electron chi connectivity index (χ4n) is 3.16. The number of benzene rings is 1. The zero-order valence-electron chi connectivity index (χ0n) is 12.6. The van der Waals surface area contributed by atoms with Crippen molar-refractivity contribution in [2.24, 2.45) is 5.92 Å². The number of rotatable bonds is 3. The summed E-state index contributed by atoms with van der Waals surface area (Å²) in [6.07, 6.45) is 5.19. The number of nitrogen functional groups attached to an aromatic ring is 1. The van der Waals surface area contributed by atoms with Crippen molar-refractivity contribution in [3.8, 4) is 11.1 Å². The van der Waals surface area contributed by atoms with Gasteiger partial charge in [0.1, 0.15) is 10.8 Å². The van der Waals surface area contributed by atoms with Crippen LogP contribution < -0.4 is 10.6 Å². The molecule has 4 heteroatoms. The van der Waals surface area contributed by atoms with Crippen molar-refractivity contribution in [1.82, 2.24) is 4.37 Å². The molecule has 1 aromatic heterocycles. The van der Waals surface area contributed by atoms with Crippen molar-refractivity contribution < 1.29 is 0 Å². The van der Waals surface area contributed by atoms with Gasteiger partial charge in [-0.1, -0.05) is 43.7 Å². The largest absolute Gasteiger partial charge is 0.382 e. The molecule has 112 valence electrons.